The van der Waals surface area contributed by atoms with Crippen LogP contribution in [0.25, 0.3) is 0 Å². The minimum atomic E-state index is -0.776. The number of halogens is 2. The molecular formula is C11H17Cl2NO4. The van der Waals surface area contributed by atoms with Crippen LogP contribution in [0.15, 0.2) is 0 Å². The zero-order valence-electron chi connectivity index (χ0n) is 10.6. The van der Waals surface area contributed by atoms with Crippen LogP contribution in [0.5, 0.6) is 0 Å². The Morgan fingerprint density at radius 1 is 1.39 bits per heavy atom. The number of esters is 1. The lowest BCUT2D eigenvalue weighted by molar-refractivity contribution is -0.163. The van der Waals surface area contributed by atoms with E-state index in [1.54, 1.807) is 20.8 Å². The third-order valence-corrected chi connectivity index (χ3v) is 2.60. The zero-order valence-corrected chi connectivity index (χ0v) is 12.1. The van der Waals surface area contributed by atoms with Gasteiger partial charge in [-0.2, -0.15) is 0 Å². The molecule has 0 radical (unpaired) electrons. The van der Waals surface area contributed by atoms with Crippen LogP contribution in [-0.4, -0.2) is 40.7 Å². The molecule has 1 aliphatic heterocycles. The van der Waals surface area contributed by atoms with Gasteiger partial charge in [0.15, 0.2) is 5.78 Å². The number of ketones is 1. The number of hydrogen-bond donors (Lipinski definition) is 0. The van der Waals surface area contributed by atoms with Crippen LogP contribution < -0.4 is 0 Å². The van der Waals surface area contributed by atoms with Gasteiger partial charge in [0.25, 0.3) is 0 Å². The number of nitrogens with zero attached hydrogens (tertiary/aromatic N) is 1. The van der Waals surface area contributed by atoms with Crippen LogP contribution in [0.1, 0.15) is 27.2 Å². The van der Waals surface area contributed by atoms with Crippen LogP contribution in [0.4, 0.5) is 4.79 Å². The SMILES string of the molecule is CC(C)(C)OC(=O)C1CCN(C(=O)Cl)CC1=O.Cl. The van der Waals surface area contributed by atoms with Gasteiger partial charge in [0.05, 0.1) is 6.54 Å². The average molecular weight is 298 g/mol. The molecule has 0 aromatic carbocycles. The van der Waals surface area contributed by atoms with E-state index in [0.717, 1.165) is 0 Å². The van der Waals surface area contributed by atoms with E-state index in [9.17, 15) is 14.4 Å². The van der Waals surface area contributed by atoms with E-state index < -0.39 is 22.9 Å². The lowest BCUT2D eigenvalue weighted by Crippen LogP contribution is -2.46. The van der Waals surface area contributed by atoms with Crippen molar-refractivity contribution in [2.75, 3.05) is 13.1 Å². The second-order valence-corrected chi connectivity index (χ2v) is 5.34. The first-order chi connectivity index (χ1) is 7.70. The van der Waals surface area contributed by atoms with Gasteiger partial charge in [-0.3, -0.25) is 14.4 Å². The Kier molecular flexibility index (Phi) is 6.10. The molecule has 1 heterocycles. The molecule has 1 amide bonds. The summed E-state index contributed by atoms with van der Waals surface area (Å²) in [5.74, 6) is -1.62. The summed E-state index contributed by atoms with van der Waals surface area (Å²) in [5.41, 5.74) is -0.614. The summed E-state index contributed by atoms with van der Waals surface area (Å²) in [5, 5.41) is -0.666. The minimum Gasteiger partial charge on any atom is -0.459 e. The molecule has 7 heteroatoms. The van der Waals surface area contributed by atoms with Crippen molar-refractivity contribution in [2.24, 2.45) is 5.92 Å². The maximum absolute atomic E-state index is 11.7. The fourth-order valence-corrected chi connectivity index (χ4v) is 1.74. The second kappa shape index (κ2) is 6.38. The number of piperidine rings is 1. The predicted octanol–water partition coefficient (Wildman–Crippen LogP) is 2.00. The van der Waals surface area contributed by atoms with Crippen LogP contribution in [0.2, 0.25) is 0 Å². The molecule has 5 nitrogen and oxygen atoms in total. The number of ether oxygens (including phenoxy) is 1. The molecule has 0 spiro atoms. The van der Waals surface area contributed by atoms with E-state index >= 15 is 0 Å². The van der Waals surface area contributed by atoms with E-state index in [-0.39, 0.29) is 31.2 Å². The fourth-order valence-electron chi connectivity index (χ4n) is 1.60. The van der Waals surface area contributed by atoms with E-state index in [1.807, 2.05) is 0 Å². The molecule has 1 atom stereocenters. The number of rotatable bonds is 1. The van der Waals surface area contributed by atoms with Gasteiger partial charge in [-0.15, -0.1) is 12.4 Å². The van der Waals surface area contributed by atoms with Crippen LogP contribution >= 0.6 is 24.0 Å². The Labute approximate surface area is 117 Å². The molecule has 0 bridgehead atoms. The highest BCUT2D eigenvalue weighted by molar-refractivity contribution is 6.62. The first-order valence-electron chi connectivity index (χ1n) is 5.40. The van der Waals surface area contributed by atoms with Crippen LogP contribution in [-0.2, 0) is 14.3 Å². The van der Waals surface area contributed by atoms with Gasteiger partial charge in [-0.25, -0.2) is 0 Å². The summed E-state index contributed by atoms with van der Waals surface area (Å²) in [6.45, 7) is 5.41. The maximum Gasteiger partial charge on any atom is 0.317 e. The number of carbonyl (C=O) groups excluding carboxylic acids is 3. The highest BCUT2D eigenvalue weighted by Crippen LogP contribution is 2.19. The number of likely N-dealkylation sites (tertiary alicyclic amines) is 1. The van der Waals surface area contributed by atoms with Gasteiger partial charge in [0, 0.05) is 6.54 Å². The van der Waals surface area contributed by atoms with E-state index in [0.29, 0.717) is 6.54 Å². The third-order valence-electron chi connectivity index (χ3n) is 2.36. The Morgan fingerprint density at radius 2 is 1.94 bits per heavy atom. The van der Waals surface area contributed by atoms with Gasteiger partial charge >= 0.3 is 11.3 Å². The van der Waals surface area contributed by atoms with Crippen molar-refractivity contribution in [1.29, 1.82) is 0 Å². The van der Waals surface area contributed by atoms with Gasteiger partial charge in [-0.1, -0.05) is 0 Å². The van der Waals surface area contributed by atoms with Crippen molar-refractivity contribution in [3.8, 4) is 0 Å². The highest BCUT2D eigenvalue weighted by Gasteiger charge is 2.36. The topological polar surface area (TPSA) is 63.7 Å². The van der Waals surface area contributed by atoms with Crippen molar-refractivity contribution in [2.45, 2.75) is 32.8 Å². The molecule has 0 saturated carbocycles. The molecule has 1 aliphatic rings. The van der Waals surface area contributed by atoms with Crippen LogP contribution in [0.3, 0.4) is 0 Å². The molecule has 0 aromatic rings. The average Bonchev–Trinajstić information content (AvgIpc) is 2.14. The first kappa shape index (κ1) is 17.2. The molecule has 0 aromatic heterocycles. The maximum atomic E-state index is 11.7. The normalized spacial score (nSPS) is 20.1. The number of carbonyl (C=O) groups is 3. The summed E-state index contributed by atoms with van der Waals surface area (Å²) >= 11 is 5.27. The van der Waals surface area contributed by atoms with E-state index in [1.165, 1.54) is 4.90 Å². The minimum absolute atomic E-state index is 0. The quantitative estimate of drug-likeness (QED) is 0.321. The lowest BCUT2D eigenvalue weighted by atomic mass is 9.95. The standard InChI is InChI=1S/C11H16ClNO4.ClH/c1-11(2,3)17-9(15)7-4-5-13(10(12)16)6-8(7)14;/h7H,4-6H2,1-3H3;1H. The van der Waals surface area contributed by atoms with E-state index in [2.05, 4.69) is 0 Å². The molecule has 0 N–H and O–H groups in total. The van der Waals surface area contributed by atoms with Gasteiger partial charge in [0.1, 0.15) is 11.5 Å². The van der Waals surface area contributed by atoms with Crippen molar-refractivity contribution < 1.29 is 19.1 Å². The van der Waals surface area contributed by atoms with Crippen molar-refractivity contribution >= 4 is 41.1 Å². The third kappa shape index (κ3) is 4.82. The fraction of sp³-hybridized carbons (Fsp3) is 0.727. The van der Waals surface area contributed by atoms with E-state index in [4.69, 9.17) is 16.3 Å². The molecule has 1 rings (SSSR count). The van der Waals surface area contributed by atoms with Crippen molar-refractivity contribution in [1.82, 2.24) is 4.90 Å². The van der Waals surface area contributed by atoms with Gasteiger partial charge in [-0.05, 0) is 38.8 Å². The lowest BCUT2D eigenvalue weighted by Gasteiger charge is -2.30. The molecule has 1 fully saturated rings. The first-order valence-corrected chi connectivity index (χ1v) is 5.78. The summed E-state index contributed by atoms with van der Waals surface area (Å²) in [6, 6.07) is 0. The number of hydrogen-bond acceptors (Lipinski definition) is 4. The van der Waals surface area contributed by atoms with Crippen LogP contribution in [0, 0.1) is 5.92 Å². The molecule has 1 saturated heterocycles. The zero-order chi connectivity index (χ0) is 13.2. The molecule has 104 valence electrons. The summed E-state index contributed by atoms with van der Waals surface area (Å²) in [6.07, 6.45) is 0.270. The van der Waals surface area contributed by atoms with Gasteiger partial charge < -0.3 is 9.64 Å². The smallest absolute Gasteiger partial charge is 0.317 e. The molecular weight excluding hydrogens is 281 g/mol. The summed E-state index contributed by atoms with van der Waals surface area (Å²) in [7, 11) is 0. The Balaban J connectivity index is 0.00000289. The Bertz CT molecular complexity index is 351. The van der Waals surface area contributed by atoms with Gasteiger partial charge in [0.2, 0.25) is 0 Å². The molecule has 0 aliphatic carbocycles. The van der Waals surface area contributed by atoms with Crippen molar-refractivity contribution in [3.63, 3.8) is 0 Å². The monoisotopic (exact) mass is 297 g/mol. The number of Topliss-reactive ketones (excluding diaryl/α,β-unsaturated/α-hetero) is 1. The molecule has 18 heavy (non-hydrogen) atoms. The van der Waals surface area contributed by atoms with Crippen molar-refractivity contribution in [3.05, 3.63) is 0 Å². The number of amides is 1. The largest absolute Gasteiger partial charge is 0.459 e. The highest BCUT2D eigenvalue weighted by atomic mass is 35.5. The molecule has 1 unspecified atom stereocenters. The summed E-state index contributed by atoms with van der Waals surface area (Å²) < 4.78 is 5.15. The summed E-state index contributed by atoms with van der Waals surface area (Å²) in [4.78, 5) is 35.5. The second-order valence-electron chi connectivity index (χ2n) is 5.02. The Morgan fingerprint density at radius 3 is 2.33 bits per heavy atom. The Hall–Kier alpha value is -0.810. The predicted molar refractivity (Wildman–Crippen MR) is 69.0 cm³/mol.